The molecule has 1 atom stereocenters. The van der Waals surface area contributed by atoms with Gasteiger partial charge in [0.05, 0.1) is 13.2 Å². The molecule has 1 aliphatic rings. The summed E-state index contributed by atoms with van der Waals surface area (Å²) < 4.78 is 5.54. The number of hydrogen-bond donors (Lipinski definition) is 1. The number of rotatable bonds is 4. The highest BCUT2D eigenvalue weighted by Gasteiger charge is 2.41. The van der Waals surface area contributed by atoms with E-state index in [1.165, 1.54) is 24.8 Å². The molecule has 20 heavy (non-hydrogen) atoms. The van der Waals surface area contributed by atoms with Crippen LogP contribution in [0.3, 0.4) is 0 Å². The summed E-state index contributed by atoms with van der Waals surface area (Å²) in [6, 6.07) is 6.30. The second kappa shape index (κ2) is 6.15. The van der Waals surface area contributed by atoms with E-state index in [1.54, 1.807) is 7.11 Å². The maximum Gasteiger partial charge on any atom is 0.123 e. The van der Waals surface area contributed by atoms with Crippen LogP contribution in [0.1, 0.15) is 49.3 Å². The van der Waals surface area contributed by atoms with Gasteiger partial charge in [-0.2, -0.15) is 0 Å². The lowest BCUT2D eigenvalue weighted by atomic mass is 9.73. The molecule has 0 radical (unpaired) electrons. The molecule has 1 unspecified atom stereocenters. The molecule has 1 aromatic rings. The molecule has 2 N–H and O–H groups in total. The van der Waals surface area contributed by atoms with Crippen molar-refractivity contribution in [3.05, 3.63) is 29.3 Å². The first-order valence-electron chi connectivity index (χ1n) is 7.59. The standard InChI is InChI=1S/C17H28N2O/c1-13-8-9-15(20-4)14(12-13)16(18)17(19(2)3)10-6-5-7-11-17/h8-9,12,16H,5-7,10-11,18H2,1-4H3. The average Bonchev–Trinajstić information content (AvgIpc) is 2.47. The minimum Gasteiger partial charge on any atom is -0.496 e. The van der Waals surface area contributed by atoms with Gasteiger partial charge in [0.2, 0.25) is 0 Å². The topological polar surface area (TPSA) is 38.5 Å². The number of benzene rings is 1. The summed E-state index contributed by atoms with van der Waals surface area (Å²) in [5.74, 6) is 0.912. The number of hydrogen-bond acceptors (Lipinski definition) is 3. The van der Waals surface area contributed by atoms with Crippen LogP contribution in [0.2, 0.25) is 0 Å². The summed E-state index contributed by atoms with van der Waals surface area (Å²) in [5.41, 5.74) is 9.16. The van der Waals surface area contributed by atoms with Crippen LogP contribution < -0.4 is 10.5 Å². The minimum atomic E-state index is -0.00681. The highest BCUT2D eigenvalue weighted by Crippen LogP contribution is 2.43. The van der Waals surface area contributed by atoms with Crippen molar-refractivity contribution in [3.63, 3.8) is 0 Å². The Labute approximate surface area is 123 Å². The molecule has 0 aromatic heterocycles. The number of likely N-dealkylation sites (N-methyl/N-ethyl adjacent to an activating group) is 1. The van der Waals surface area contributed by atoms with Crippen LogP contribution >= 0.6 is 0 Å². The largest absolute Gasteiger partial charge is 0.496 e. The van der Waals surface area contributed by atoms with Crippen LogP contribution in [0.5, 0.6) is 5.75 Å². The zero-order valence-electron chi connectivity index (χ0n) is 13.3. The van der Waals surface area contributed by atoms with Crippen LogP contribution in [0.25, 0.3) is 0 Å². The zero-order valence-corrected chi connectivity index (χ0v) is 13.3. The minimum absolute atomic E-state index is 0.00681. The first kappa shape index (κ1) is 15.3. The first-order valence-corrected chi connectivity index (χ1v) is 7.59. The Hall–Kier alpha value is -1.06. The molecular formula is C17H28N2O. The van der Waals surface area contributed by atoms with Crippen LogP contribution in [-0.4, -0.2) is 31.6 Å². The molecule has 0 aliphatic heterocycles. The van der Waals surface area contributed by atoms with Crippen molar-refractivity contribution in [1.29, 1.82) is 0 Å². The molecule has 0 bridgehead atoms. The van der Waals surface area contributed by atoms with Gasteiger partial charge in [-0.25, -0.2) is 0 Å². The van der Waals surface area contributed by atoms with Gasteiger partial charge < -0.3 is 15.4 Å². The predicted octanol–water partition coefficient (Wildman–Crippen LogP) is 3.27. The highest BCUT2D eigenvalue weighted by molar-refractivity contribution is 5.40. The van der Waals surface area contributed by atoms with Crippen molar-refractivity contribution < 1.29 is 4.74 Å². The SMILES string of the molecule is COc1ccc(C)cc1C(N)C1(N(C)C)CCCCC1. The van der Waals surface area contributed by atoms with Crippen molar-refractivity contribution >= 4 is 0 Å². The third-order valence-electron chi connectivity index (χ3n) is 4.91. The Morgan fingerprint density at radius 3 is 2.40 bits per heavy atom. The van der Waals surface area contributed by atoms with Gasteiger partial charge in [-0.3, -0.25) is 0 Å². The molecule has 0 spiro atoms. The fourth-order valence-corrected chi connectivity index (χ4v) is 3.59. The fourth-order valence-electron chi connectivity index (χ4n) is 3.59. The Morgan fingerprint density at radius 2 is 1.85 bits per heavy atom. The summed E-state index contributed by atoms with van der Waals surface area (Å²) in [4.78, 5) is 2.33. The maximum absolute atomic E-state index is 6.73. The number of aryl methyl sites for hydroxylation is 1. The van der Waals surface area contributed by atoms with Gasteiger partial charge in [-0.05, 0) is 39.9 Å². The third kappa shape index (κ3) is 2.70. The number of nitrogens with two attached hydrogens (primary N) is 1. The van der Waals surface area contributed by atoms with E-state index in [4.69, 9.17) is 10.5 Å². The summed E-state index contributed by atoms with van der Waals surface area (Å²) in [7, 11) is 6.05. The summed E-state index contributed by atoms with van der Waals surface area (Å²) in [5, 5.41) is 0. The molecule has 1 saturated carbocycles. The van der Waals surface area contributed by atoms with E-state index in [0.717, 1.165) is 24.2 Å². The summed E-state index contributed by atoms with van der Waals surface area (Å²) in [6.45, 7) is 2.11. The molecule has 3 heteroatoms. The molecule has 0 saturated heterocycles. The molecule has 0 heterocycles. The van der Waals surface area contributed by atoms with E-state index < -0.39 is 0 Å². The maximum atomic E-state index is 6.73. The molecule has 112 valence electrons. The van der Waals surface area contributed by atoms with E-state index in [-0.39, 0.29) is 11.6 Å². The van der Waals surface area contributed by atoms with Crippen molar-refractivity contribution in [3.8, 4) is 5.75 Å². The second-order valence-corrected chi connectivity index (χ2v) is 6.28. The van der Waals surface area contributed by atoms with Crippen LogP contribution in [0.4, 0.5) is 0 Å². The monoisotopic (exact) mass is 276 g/mol. The Morgan fingerprint density at radius 1 is 1.20 bits per heavy atom. The quantitative estimate of drug-likeness (QED) is 0.917. The summed E-state index contributed by atoms with van der Waals surface area (Å²) in [6.07, 6.45) is 6.18. The Bertz CT molecular complexity index is 450. The number of nitrogens with zero attached hydrogens (tertiary/aromatic N) is 1. The highest BCUT2D eigenvalue weighted by atomic mass is 16.5. The van der Waals surface area contributed by atoms with Crippen molar-refractivity contribution in [1.82, 2.24) is 4.90 Å². The van der Waals surface area contributed by atoms with Crippen LogP contribution in [0.15, 0.2) is 18.2 Å². The lowest BCUT2D eigenvalue weighted by molar-refractivity contribution is 0.0704. The molecular weight excluding hydrogens is 248 g/mol. The molecule has 1 aromatic carbocycles. The van der Waals surface area contributed by atoms with E-state index in [2.05, 4.69) is 38.1 Å². The number of methoxy groups -OCH3 is 1. The third-order valence-corrected chi connectivity index (χ3v) is 4.91. The normalized spacial score (nSPS) is 19.9. The van der Waals surface area contributed by atoms with Gasteiger partial charge in [0.15, 0.2) is 0 Å². The van der Waals surface area contributed by atoms with Crippen molar-refractivity contribution in [2.45, 2.75) is 50.6 Å². The van der Waals surface area contributed by atoms with E-state index in [9.17, 15) is 0 Å². The lowest BCUT2D eigenvalue weighted by Gasteiger charge is -2.47. The van der Waals surface area contributed by atoms with Crippen molar-refractivity contribution in [2.24, 2.45) is 5.73 Å². The smallest absolute Gasteiger partial charge is 0.123 e. The zero-order chi connectivity index (χ0) is 14.8. The average molecular weight is 276 g/mol. The Kier molecular flexibility index (Phi) is 4.71. The van der Waals surface area contributed by atoms with Gasteiger partial charge in [-0.15, -0.1) is 0 Å². The molecule has 3 nitrogen and oxygen atoms in total. The molecule has 2 rings (SSSR count). The molecule has 1 aliphatic carbocycles. The first-order chi connectivity index (χ1) is 9.51. The van der Waals surface area contributed by atoms with Crippen molar-refractivity contribution in [2.75, 3.05) is 21.2 Å². The van der Waals surface area contributed by atoms with Gasteiger partial charge in [-0.1, -0.05) is 37.0 Å². The lowest BCUT2D eigenvalue weighted by Crippen LogP contribution is -2.53. The van der Waals surface area contributed by atoms with Gasteiger partial charge >= 0.3 is 0 Å². The number of ether oxygens (including phenoxy) is 1. The van der Waals surface area contributed by atoms with E-state index in [0.29, 0.717) is 0 Å². The van der Waals surface area contributed by atoms with Gasteiger partial charge in [0.25, 0.3) is 0 Å². The predicted molar refractivity (Wildman–Crippen MR) is 84.2 cm³/mol. The summed E-state index contributed by atoms with van der Waals surface area (Å²) >= 11 is 0. The molecule has 0 amide bonds. The van der Waals surface area contributed by atoms with Crippen LogP contribution in [0, 0.1) is 6.92 Å². The van der Waals surface area contributed by atoms with Crippen LogP contribution in [-0.2, 0) is 0 Å². The van der Waals surface area contributed by atoms with Gasteiger partial charge in [0, 0.05) is 11.1 Å². The fraction of sp³-hybridized carbons (Fsp3) is 0.647. The molecule has 1 fully saturated rings. The second-order valence-electron chi connectivity index (χ2n) is 6.28. The van der Waals surface area contributed by atoms with E-state index in [1.807, 2.05) is 6.07 Å². The Balaban J connectivity index is 2.41. The van der Waals surface area contributed by atoms with E-state index >= 15 is 0 Å². The van der Waals surface area contributed by atoms with Gasteiger partial charge in [0.1, 0.15) is 5.75 Å².